The highest BCUT2D eigenvalue weighted by Gasteiger charge is 2.10. The van der Waals surface area contributed by atoms with Crippen molar-refractivity contribution in [3.8, 4) is 5.75 Å². The molecule has 2 aromatic rings. The van der Waals surface area contributed by atoms with Gasteiger partial charge in [0, 0.05) is 6.54 Å². The fourth-order valence-corrected chi connectivity index (χ4v) is 2.64. The van der Waals surface area contributed by atoms with Crippen LogP contribution in [0.25, 0.3) is 0 Å². The van der Waals surface area contributed by atoms with Crippen LogP contribution in [0.2, 0.25) is 5.02 Å². The van der Waals surface area contributed by atoms with Crippen molar-refractivity contribution < 1.29 is 27.5 Å². The number of carbonyl (C=O) groups excluding carboxylic acids is 2. The first kappa shape index (κ1) is 20.7. The van der Waals surface area contributed by atoms with Gasteiger partial charge >= 0.3 is 5.97 Å². The molecule has 0 heterocycles. The van der Waals surface area contributed by atoms with E-state index in [-0.39, 0.29) is 18.0 Å². The Morgan fingerprint density at radius 2 is 1.70 bits per heavy atom. The molecular weight excluding hydrogens is 396 g/mol. The Morgan fingerprint density at radius 3 is 2.33 bits per heavy atom. The average Bonchev–Trinajstić information content (AvgIpc) is 2.63. The van der Waals surface area contributed by atoms with Gasteiger partial charge in [0.05, 0.1) is 9.92 Å². The molecule has 1 amide bonds. The number of halogens is 1. The molecule has 2 aromatic carbocycles. The summed E-state index contributed by atoms with van der Waals surface area (Å²) < 4.78 is 32.3. The highest BCUT2D eigenvalue weighted by Crippen LogP contribution is 2.22. The zero-order chi connectivity index (χ0) is 19.9. The number of hydrogen-bond donors (Lipinski definition) is 2. The summed E-state index contributed by atoms with van der Waals surface area (Å²) in [6.07, 6.45) is 0. The summed E-state index contributed by atoms with van der Waals surface area (Å²) in [6, 6.07) is 12.4. The molecule has 0 aliphatic heterocycles. The molecule has 144 valence electrons. The maximum Gasteiger partial charge on any atom is 0.344 e. The van der Waals surface area contributed by atoms with Crippen molar-refractivity contribution in [1.29, 1.82) is 0 Å². The molecule has 10 heteroatoms. The van der Waals surface area contributed by atoms with E-state index in [0.29, 0.717) is 16.3 Å². The maximum atomic E-state index is 11.7. The molecular formula is C17H17ClN2O6S. The molecule has 0 bridgehead atoms. The van der Waals surface area contributed by atoms with Crippen LogP contribution in [0.5, 0.6) is 5.75 Å². The standard InChI is InChI=1S/C17H17ClN2O6S/c18-14-3-1-2-4-15(14)25-11-17(22)26-10-16(21)20-9-12-5-7-13(8-6-12)27(19,23)24/h1-8H,9-11H2,(H,20,21)(H2,19,23,24). The molecule has 0 saturated heterocycles. The predicted octanol–water partition coefficient (Wildman–Crippen LogP) is 1.23. The van der Waals surface area contributed by atoms with E-state index in [2.05, 4.69) is 5.32 Å². The molecule has 8 nitrogen and oxygen atoms in total. The number of primary sulfonamides is 1. The lowest BCUT2D eigenvalue weighted by Gasteiger charge is -2.09. The van der Waals surface area contributed by atoms with Crippen molar-refractivity contribution in [3.63, 3.8) is 0 Å². The van der Waals surface area contributed by atoms with Gasteiger partial charge in [-0.2, -0.15) is 0 Å². The molecule has 0 aliphatic rings. The molecule has 27 heavy (non-hydrogen) atoms. The molecule has 0 atom stereocenters. The quantitative estimate of drug-likeness (QED) is 0.628. The molecule has 3 N–H and O–H groups in total. The summed E-state index contributed by atoms with van der Waals surface area (Å²) >= 11 is 5.89. The summed E-state index contributed by atoms with van der Waals surface area (Å²) in [7, 11) is -3.76. The molecule has 0 saturated carbocycles. The van der Waals surface area contributed by atoms with Gasteiger partial charge in [0.15, 0.2) is 13.2 Å². The number of esters is 1. The van der Waals surface area contributed by atoms with Crippen LogP contribution in [-0.2, 0) is 30.9 Å². The van der Waals surface area contributed by atoms with Crippen molar-refractivity contribution in [2.45, 2.75) is 11.4 Å². The number of rotatable bonds is 8. The Bertz CT molecular complexity index is 915. The van der Waals surface area contributed by atoms with E-state index in [0.717, 1.165) is 0 Å². The summed E-state index contributed by atoms with van der Waals surface area (Å²) in [5.41, 5.74) is 0.657. The van der Waals surface area contributed by atoms with Gasteiger partial charge in [-0.1, -0.05) is 35.9 Å². The lowest BCUT2D eigenvalue weighted by atomic mass is 10.2. The average molecular weight is 413 g/mol. The lowest BCUT2D eigenvalue weighted by Crippen LogP contribution is -2.29. The second-order valence-corrected chi connectivity index (χ2v) is 7.31. The van der Waals surface area contributed by atoms with Crippen LogP contribution in [0, 0.1) is 0 Å². The van der Waals surface area contributed by atoms with Gasteiger partial charge in [0.25, 0.3) is 5.91 Å². The van der Waals surface area contributed by atoms with E-state index in [1.54, 1.807) is 24.3 Å². The maximum absolute atomic E-state index is 11.7. The molecule has 0 aromatic heterocycles. The first-order chi connectivity index (χ1) is 12.8. The summed E-state index contributed by atoms with van der Waals surface area (Å²) in [6.45, 7) is -0.719. The van der Waals surface area contributed by atoms with Crippen molar-refractivity contribution in [3.05, 3.63) is 59.1 Å². The first-order valence-electron chi connectivity index (χ1n) is 7.67. The Balaban J connectivity index is 1.71. The van der Waals surface area contributed by atoms with Crippen LogP contribution in [0.4, 0.5) is 0 Å². The van der Waals surface area contributed by atoms with Crippen LogP contribution in [0.1, 0.15) is 5.56 Å². The van der Waals surface area contributed by atoms with Gasteiger partial charge in [0.1, 0.15) is 5.75 Å². The monoisotopic (exact) mass is 412 g/mol. The normalized spacial score (nSPS) is 10.9. The van der Waals surface area contributed by atoms with Gasteiger partial charge in [-0.3, -0.25) is 4.79 Å². The minimum absolute atomic E-state index is 0.0231. The SMILES string of the molecule is NS(=O)(=O)c1ccc(CNC(=O)COC(=O)COc2ccccc2Cl)cc1. The third kappa shape index (κ3) is 6.89. The van der Waals surface area contributed by atoms with Gasteiger partial charge in [-0.25, -0.2) is 18.4 Å². The van der Waals surface area contributed by atoms with Crippen LogP contribution >= 0.6 is 11.6 Å². The number of benzene rings is 2. The largest absolute Gasteiger partial charge is 0.480 e. The molecule has 0 unspecified atom stereocenters. The third-order valence-electron chi connectivity index (χ3n) is 3.29. The number of nitrogens with one attached hydrogen (secondary N) is 1. The number of ether oxygens (including phenoxy) is 2. The van der Waals surface area contributed by atoms with Crippen molar-refractivity contribution in [2.24, 2.45) is 5.14 Å². The van der Waals surface area contributed by atoms with Crippen LogP contribution in [0.3, 0.4) is 0 Å². The number of hydrogen-bond acceptors (Lipinski definition) is 6. The summed E-state index contributed by atoms with van der Waals surface area (Å²) in [5.74, 6) is -0.900. The fraction of sp³-hybridized carbons (Fsp3) is 0.176. The highest BCUT2D eigenvalue weighted by atomic mass is 35.5. The van der Waals surface area contributed by atoms with Crippen LogP contribution < -0.4 is 15.2 Å². The second kappa shape index (κ2) is 9.36. The van der Waals surface area contributed by atoms with Gasteiger partial charge in [0.2, 0.25) is 10.0 Å². The number of carbonyl (C=O) groups is 2. The topological polar surface area (TPSA) is 125 Å². The number of sulfonamides is 1. The molecule has 2 rings (SSSR count). The highest BCUT2D eigenvalue weighted by molar-refractivity contribution is 7.89. The second-order valence-electron chi connectivity index (χ2n) is 5.35. The molecule has 0 aliphatic carbocycles. The van der Waals surface area contributed by atoms with Gasteiger partial charge in [-0.15, -0.1) is 0 Å². The molecule has 0 fully saturated rings. The van der Waals surface area contributed by atoms with Crippen molar-refractivity contribution in [2.75, 3.05) is 13.2 Å². The zero-order valence-corrected chi connectivity index (χ0v) is 15.6. The van der Waals surface area contributed by atoms with E-state index in [9.17, 15) is 18.0 Å². The fourth-order valence-electron chi connectivity index (χ4n) is 1.93. The van der Waals surface area contributed by atoms with E-state index in [1.165, 1.54) is 24.3 Å². The number of amides is 1. The lowest BCUT2D eigenvalue weighted by molar-refractivity contribution is -0.150. The Labute approximate surface area is 161 Å². The van der Waals surface area contributed by atoms with Crippen molar-refractivity contribution >= 4 is 33.5 Å². The van der Waals surface area contributed by atoms with E-state index < -0.39 is 28.5 Å². The van der Waals surface area contributed by atoms with E-state index in [1.807, 2.05) is 0 Å². The summed E-state index contributed by atoms with van der Waals surface area (Å²) in [4.78, 5) is 23.3. The number of nitrogens with two attached hydrogens (primary N) is 1. The summed E-state index contributed by atoms with van der Waals surface area (Å²) in [5, 5.41) is 7.90. The van der Waals surface area contributed by atoms with Crippen molar-refractivity contribution in [1.82, 2.24) is 5.32 Å². The van der Waals surface area contributed by atoms with Gasteiger partial charge < -0.3 is 14.8 Å². The van der Waals surface area contributed by atoms with Gasteiger partial charge in [-0.05, 0) is 29.8 Å². The number of para-hydroxylation sites is 1. The van der Waals surface area contributed by atoms with Crippen LogP contribution in [0.15, 0.2) is 53.4 Å². The van der Waals surface area contributed by atoms with E-state index in [4.69, 9.17) is 26.2 Å². The predicted molar refractivity (Wildman–Crippen MR) is 97.6 cm³/mol. The Hall–Kier alpha value is -2.62. The molecule has 0 radical (unpaired) electrons. The Kier molecular flexibility index (Phi) is 7.17. The first-order valence-corrected chi connectivity index (χ1v) is 9.59. The minimum Gasteiger partial charge on any atom is -0.480 e. The smallest absolute Gasteiger partial charge is 0.344 e. The molecule has 0 spiro atoms. The zero-order valence-electron chi connectivity index (χ0n) is 14.1. The Morgan fingerprint density at radius 1 is 1.04 bits per heavy atom. The third-order valence-corrected chi connectivity index (χ3v) is 4.53. The van der Waals surface area contributed by atoms with Crippen LogP contribution in [-0.4, -0.2) is 33.5 Å². The minimum atomic E-state index is -3.76. The van der Waals surface area contributed by atoms with E-state index >= 15 is 0 Å².